The van der Waals surface area contributed by atoms with Crippen molar-refractivity contribution < 1.29 is 23.5 Å². The third-order valence-electron chi connectivity index (χ3n) is 5.32. The zero-order valence-electron chi connectivity index (χ0n) is 18.5. The van der Waals surface area contributed by atoms with Gasteiger partial charge in [0.05, 0.1) is 12.6 Å². The van der Waals surface area contributed by atoms with Gasteiger partial charge >= 0.3 is 6.03 Å². The van der Waals surface area contributed by atoms with Gasteiger partial charge in [0.15, 0.2) is 0 Å². The summed E-state index contributed by atoms with van der Waals surface area (Å²) >= 11 is 1.66. The van der Waals surface area contributed by atoms with Crippen molar-refractivity contribution in [3.63, 3.8) is 0 Å². The molecule has 2 heterocycles. The van der Waals surface area contributed by atoms with Crippen LogP contribution in [-0.2, 0) is 16.0 Å². The van der Waals surface area contributed by atoms with Crippen molar-refractivity contribution in [3.8, 4) is 5.75 Å². The smallest absolute Gasteiger partial charge is 0.317 e. The molecule has 1 atom stereocenters. The van der Waals surface area contributed by atoms with Crippen LogP contribution < -0.4 is 10.1 Å². The average Bonchev–Trinajstić information content (AvgIpc) is 3.27. The van der Waals surface area contributed by atoms with Crippen LogP contribution in [0.25, 0.3) is 0 Å². The first kappa shape index (κ1) is 24.0. The molecule has 0 aliphatic carbocycles. The number of urea groups is 1. The fraction of sp³-hybridized carbons (Fsp3) is 0.478. The molecule has 9 heteroatoms. The molecule has 1 N–H and O–H groups in total. The maximum atomic E-state index is 13.5. The maximum absolute atomic E-state index is 13.5. The molecule has 7 nitrogen and oxygen atoms in total. The Labute approximate surface area is 192 Å². The number of benzene rings is 1. The number of hydrogen-bond acceptors (Lipinski definition) is 5. The Kier molecular flexibility index (Phi) is 8.87. The molecule has 0 saturated carbocycles. The Morgan fingerprint density at radius 1 is 1.34 bits per heavy atom. The molecule has 3 rings (SSSR count). The molecule has 32 heavy (non-hydrogen) atoms. The van der Waals surface area contributed by atoms with Gasteiger partial charge in [0.1, 0.15) is 24.7 Å². The van der Waals surface area contributed by atoms with Crippen LogP contribution >= 0.6 is 11.3 Å². The van der Waals surface area contributed by atoms with Crippen molar-refractivity contribution in [1.29, 1.82) is 0 Å². The minimum atomic E-state index is -0.373. The summed E-state index contributed by atoms with van der Waals surface area (Å²) in [6.45, 7) is 3.88. The molecule has 0 spiro atoms. The number of methoxy groups -OCH3 is 1. The number of fused-ring (bicyclic) bond motifs is 1. The van der Waals surface area contributed by atoms with Gasteiger partial charge in [0.25, 0.3) is 0 Å². The predicted molar refractivity (Wildman–Crippen MR) is 122 cm³/mol. The van der Waals surface area contributed by atoms with Gasteiger partial charge in [0, 0.05) is 37.7 Å². The van der Waals surface area contributed by atoms with Crippen LogP contribution in [0.2, 0.25) is 0 Å². The van der Waals surface area contributed by atoms with Crippen LogP contribution in [0, 0.1) is 5.82 Å². The second-order valence-electron chi connectivity index (χ2n) is 7.57. The summed E-state index contributed by atoms with van der Waals surface area (Å²) in [4.78, 5) is 30.3. The number of halogens is 1. The van der Waals surface area contributed by atoms with E-state index in [1.807, 2.05) is 18.4 Å². The molecule has 0 saturated heterocycles. The second-order valence-corrected chi connectivity index (χ2v) is 8.57. The molecular formula is C23H30FN3O4S. The summed E-state index contributed by atoms with van der Waals surface area (Å²) in [7, 11) is 1.56. The summed E-state index contributed by atoms with van der Waals surface area (Å²) in [6, 6.07) is 7.40. The number of thiophene rings is 1. The van der Waals surface area contributed by atoms with Gasteiger partial charge in [-0.2, -0.15) is 0 Å². The standard InChI is InChI=1S/C23H30FN3O4S/c1-3-9-25-23(29)26(11-12-30-2)15-22(28)27-10-7-21-19(8-13-32-21)20(27)16-31-18-6-4-5-17(24)14-18/h4-6,8,13-14,20H,3,7,9-12,15-16H2,1-2H3,(H,25,29)/t20-/m1/s1. The highest BCUT2D eigenvalue weighted by Crippen LogP contribution is 2.34. The SMILES string of the molecule is CCCNC(=O)N(CCOC)CC(=O)N1CCc2sccc2[C@H]1COc1cccc(F)c1. The molecule has 1 aliphatic rings. The highest BCUT2D eigenvalue weighted by atomic mass is 32.1. The Morgan fingerprint density at radius 3 is 2.94 bits per heavy atom. The molecule has 0 fully saturated rings. The second kappa shape index (κ2) is 11.8. The predicted octanol–water partition coefficient (Wildman–Crippen LogP) is 3.46. The molecule has 3 amide bonds. The van der Waals surface area contributed by atoms with E-state index < -0.39 is 0 Å². The minimum Gasteiger partial charge on any atom is -0.491 e. The van der Waals surface area contributed by atoms with E-state index in [4.69, 9.17) is 9.47 Å². The summed E-state index contributed by atoms with van der Waals surface area (Å²) < 4.78 is 24.5. The van der Waals surface area contributed by atoms with Crippen molar-refractivity contribution >= 4 is 23.3 Å². The van der Waals surface area contributed by atoms with Gasteiger partial charge < -0.3 is 24.6 Å². The van der Waals surface area contributed by atoms with E-state index in [2.05, 4.69) is 5.32 Å². The first-order valence-corrected chi connectivity index (χ1v) is 11.7. The third kappa shape index (κ3) is 6.20. The van der Waals surface area contributed by atoms with Crippen LogP contribution in [-0.4, -0.2) is 68.2 Å². The lowest BCUT2D eigenvalue weighted by atomic mass is 10.0. The highest BCUT2D eigenvalue weighted by Gasteiger charge is 2.33. The molecule has 0 radical (unpaired) electrons. The Morgan fingerprint density at radius 2 is 2.19 bits per heavy atom. The van der Waals surface area contributed by atoms with Crippen LogP contribution in [0.15, 0.2) is 35.7 Å². The van der Waals surface area contributed by atoms with E-state index >= 15 is 0 Å². The number of carbonyl (C=O) groups is 2. The van der Waals surface area contributed by atoms with E-state index in [1.165, 1.54) is 21.9 Å². The number of nitrogens with one attached hydrogen (secondary N) is 1. The zero-order chi connectivity index (χ0) is 22.9. The Bertz CT molecular complexity index is 907. The maximum Gasteiger partial charge on any atom is 0.317 e. The molecule has 2 aromatic rings. The van der Waals surface area contributed by atoms with Gasteiger partial charge in [0.2, 0.25) is 5.91 Å². The fourth-order valence-electron chi connectivity index (χ4n) is 3.66. The molecule has 174 valence electrons. The Balaban J connectivity index is 1.73. The number of hydrogen-bond donors (Lipinski definition) is 1. The first-order chi connectivity index (χ1) is 15.5. The summed E-state index contributed by atoms with van der Waals surface area (Å²) in [5, 5.41) is 4.84. The van der Waals surface area contributed by atoms with Gasteiger partial charge in [-0.15, -0.1) is 11.3 Å². The number of amides is 3. The van der Waals surface area contributed by atoms with Crippen LogP contribution in [0.3, 0.4) is 0 Å². The van der Waals surface area contributed by atoms with Crippen molar-refractivity contribution in [2.24, 2.45) is 0 Å². The van der Waals surface area contributed by atoms with Crippen LogP contribution in [0.4, 0.5) is 9.18 Å². The molecule has 1 aromatic heterocycles. The van der Waals surface area contributed by atoms with E-state index in [9.17, 15) is 14.0 Å². The number of rotatable bonds is 10. The van der Waals surface area contributed by atoms with Crippen molar-refractivity contribution in [2.45, 2.75) is 25.8 Å². The lowest BCUT2D eigenvalue weighted by Crippen LogP contribution is -2.50. The van der Waals surface area contributed by atoms with E-state index in [1.54, 1.807) is 35.5 Å². The molecular weight excluding hydrogens is 433 g/mol. The van der Waals surface area contributed by atoms with Crippen LogP contribution in [0.1, 0.15) is 29.8 Å². The summed E-state index contributed by atoms with van der Waals surface area (Å²) in [6.07, 6.45) is 1.57. The van der Waals surface area contributed by atoms with Gasteiger partial charge in [-0.25, -0.2) is 9.18 Å². The minimum absolute atomic E-state index is 0.0468. The van der Waals surface area contributed by atoms with Gasteiger partial charge in [-0.05, 0) is 42.0 Å². The van der Waals surface area contributed by atoms with E-state index in [-0.39, 0.29) is 36.9 Å². The first-order valence-electron chi connectivity index (χ1n) is 10.8. The zero-order valence-corrected chi connectivity index (χ0v) is 19.3. The quantitative estimate of drug-likeness (QED) is 0.586. The average molecular weight is 464 g/mol. The monoisotopic (exact) mass is 463 g/mol. The molecule has 0 bridgehead atoms. The van der Waals surface area contributed by atoms with E-state index in [0.717, 1.165) is 18.4 Å². The van der Waals surface area contributed by atoms with Gasteiger partial charge in [-0.1, -0.05) is 13.0 Å². The number of carbonyl (C=O) groups excluding carboxylic acids is 2. The van der Waals surface area contributed by atoms with Crippen molar-refractivity contribution in [3.05, 3.63) is 52.0 Å². The van der Waals surface area contributed by atoms with Gasteiger partial charge in [-0.3, -0.25) is 4.79 Å². The molecule has 0 unspecified atom stereocenters. The molecule has 1 aliphatic heterocycles. The van der Waals surface area contributed by atoms with E-state index in [0.29, 0.717) is 32.0 Å². The number of ether oxygens (including phenoxy) is 2. The highest BCUT2D eigenvalue weighted by molar-refractivity contribution is 7.10. The topological polar surface area (TPSA) is 71.1 Å². The lowest BCUT2D eigenvalue weighted by Gasteiger charge is -2.37. The lowest BCUT2D eigenvalue weighted by molar-refractivity contribution is -0.135. The van der Waals surface area contributed by atoms with Crippen molar-refractivity contribution in [1.82, 2.24) is 15.1 Å². The number of nitrogens with zero attached hydrogens (tertiary/aromatic N) is 2. The Hall–Kier alpha value is -2.65. The normalized spacial score (nSPS) is 15.2. The largest absolute Gasteiger partial charge is 0.491 e. The third-order valence-corrected chi connectivity index (χ3v) is 6.32. The molecule has 1 aromatic carbocycles. The summed E-state index contributed by atoms with van der Waals surface area (Å²) in [5.74, 6) is -0.111. The van der Waals surface area contributed by atoms with Crippen LogP contribution in [0.5, 0.6) is 5.75 Å². The summed E-state index contributed by atoms with van der Waals surface area (Å²) in [5.41, 5.74) is 1.05. The fourth-order valence-corrected chi connectivity index (χ4v) is 4.59. The van der Waals surface area contributed by atoms with Crippen molar-refractivity contribution in [2.75, 3.05) is 46.5 Å².